The molecule has 0 aliphatic carbocycles. The third-order valence-corrected chi connectivity index (χ3v) is 4.83. The van der Waals surface area contributed by atoms with Crippen molar-refractivity contribution in [2.45, 2.75) is 46.1 Å². The highest BCUT2D eigenvalue weighted by Crippen LogP contribution is 2.40. The molecule has 1 aliphatic rings. The Morgan fingerprint density at radius 2 is 1.96 bits per heavy atom. The second kappa shape index (κ2) is 9.28. The third-order valence-electron chi connectivity index (χ3n) is 4.83. The van der Waals surface area contributed by atoms with Crippen molar-refractivity contribution >= 4 is 0 Å². The highest BCUT2D eigenvalue weighted by Gasteiger charge is 2.26. The van der Waals surface area contributed by atoms with E-state index in [1.54, 1.807) is 14.2 Å². The molecule has 1 aromatic rings. The first-order valence-corrected chi connectivity index (χ1v) is 8.97. The van der Waals surface area contributed by atoms with E-state index in [-0.39, 0.29) is 0 Å². The number of benzene rings is 1. The van der Waals surface area contributed by atoms with E-state index in [0.29, 0.717) is 37.6 Å². The van der Waals surface area contributed by atoms with Gasteiger partial charge in [0.1, 0.15) is 11.5 Å². The van der Waals surface area contributed by atoms with Crippen LogP contribution < -0.4 is 9.47 Å². The van der Waals surface area contributed by atoms with Crippen molar-refractivity contribution in [3.8, 4) is 11.5 Å². The molecular weight excluding hydrogens is 304 g/mol. The molecule has 0 saturated carbocycles. The van der Waals surface area contributed by atoms with Gasteiger partial charge in [0.2, 0.25) is 0 Å². The zero-order valence-corrected chi connectivity index (χ0v) is 15.8. The molecular formula is C20H32O4. The van der Waals surface area contributed by atoms with E-state index in [1.807, 2.05) is 0 Å². The van der Waals surface area contributed by atoms with Gasteiger partial charge in [0, 0.05) is 38.9 Å². The molecule has 136 valence electrons. The first kappa shape index (κ1) is 19.1. The summed E-state index contributed by atoms with van der Waals surface area (Å²) < 4.78 is 22.6. The van der Waals surface area contributed by atoms with Crippen LogP contribution in [-0.2, 0) is 16.1 Å². The lowest BCUT2D eigenvalue weighted by Gasteiger charge is -2.20. The lowest BCUT2D eigenvalue weighted by molar-refractivity contribution is 0.164. The fourth-order valence-corrected chi connectivity index (χ4v) is 3.23. The summed E-state index contributed by atoms with van der Waals surface area (Å²) in [5.74, 6) is 3.52. The average Bonchev–Trinajstić information content (AvgIpc) is 2.71. The lowest BCUT2D eigenvalue weighted by atomic mass is 9.85. The molecule has 4 nitrogen and oxygen atoms in total. The standard InChI is InChI=1S/C20H32O4/c1-14(2)16-9-15(3)18-10-17(12-22-5)19(11-20(18)24-13-16)23-8-6-7-21-4/h10-11,14-16H,6-9,12-13H2,1-5H3/t15?,16-/m0/s1. The van der Waals surface area contributed by atoms with E-state index in [1.165, 1.54) is 5.56 Å². The highest BCUT2D eigenvalue weighted by atomic mass is 16.5. The second-order valence-corrected chi connectivity index (χ2v) is 7.08. The Balaban J connectivity index is 2.22. The average molecular weight is 336 g/mol. The predicted octanol–water partition coefficient (Wildman–Crippen LogP) is 4.41. The van der Waals surface area contributed by atoms with Crippen molar-refractivity contribution in [3.63, 3.8) is 0 Å². The maximum Gasteiger partial charge on any atom is 0.128 e. The topological polar surface area (TPSA) is 36.9 Å². The van der Waals surface area contributed by atoms with Gasteiger partial charge in [-0.3, -0.25) is 0 Å². The molecule has 0 N–H and O–H groups in total. The monoisotopic (exact) mass is 336 g/mol. The van der Waals surface area contributed by atoms with Gasteiger partial charge in [-0.25, -0.2) is 0 Å². The van der Waals surface area contributed by atoms with Crippen LogP contribution in [0, 0.1) is 11.8 Å². The molecule has 0 fully saturated rings. The van der Waals surface area contributed by atoms with Crippen LogP contribution in [0.4, 0.5) is 0 Å². The van der Waals surface area contributed by atoms with Gasteiger partial charge >= 0.3 is 0 Å². The number of fused-ring (bicyclic) bond motifs is 1. The number of hydrogen-bond donors (Lipinski definition) is 0. The van der Waals surface area contributed by atoms with Crippen molar-refractivity contribution in [1.29, 1.82) is 0 Å². The molecule has 1 unspecified atom stereocenters. The van der Waals surface area contributed by atoms with E-state index in [2.05, 4.69) is 32.9 Å². The van der Waals surface area contributed by atoms with E-state index in [4.69, 9.17) is 18.9 Å². The van der Waals surface area contributed by atoms with Crippen LogP contribution in [0.15, 0.2) is 12.1 Å². The SMILES string of the molecule is COCCCOc1cc2c(cc1COC)C(C)C[C@H](C(C)C)CO2. The number of hydrogen-bond acceptors (Lipinski definition) is 4. The molecule has 1 aromatic carbocycles. The van der Waals surface area contributed by atoms with Crippen LogP contribution in [0.25, 0.3) is 0 Å². The number of rotatable bonds is 8. The smallest absolute Gasteiger partial charge is 0.128 e. The molecule has 0 amide bonds. The minimum absolute atomic E-state index is 0.480. The third kappa shape index (κ3) is 4.87. The Morgan fingerprint density at radius 1 is 1.17 bits per heavy atom. The molecule has 0 saturated heterocycles. The Morgan fingerprint density at radius 3 is 2.62 bits per heavy atom. The normalized spacial score (nSPS) is 20.4. The largest absolute Gasteiger partial charge is 0.493 e. The summed E-state index contributed by atoms with van der Waals surface area (Å²) in [4.78, 5) is 0. The molecule has 24 heavy (non-hydrogen) atoms. The van der Waals surface area contributed by atoms with Gasteiger partial charge in [0.15, 0.2) is 0 Å². The van der Waals surface area contributed by atoms with Gasteiger partial charge in [0.25, 0.3) is 0 Å². The second-order valence-electron chi connectivity index (χ2n) is 7.08. The minimum atomic E-state index is 0.480. The quantitative estimate of drug-likeness (QED) is 0.659. The zero-order valence-electron chi connectivity index (χ0n) is 15.8. The molecule has 0 aromatic heterocycles. The van der Waals surface area contributed by atoms with Crippen LogP contribution in [0.3, 0.4) is 0 Å². The first-order chi connectivity index (χ1) is 11.6. The van der Waals surface area contributed by atoms with Gasteiger partial charge in [-0.2, -0.15) is 0 Å². The van der Waals surface area contributed by atoms with Crippen LogP contribution in [0.1, 0.15) is 50.7 Å². The van der Waals surface area contributed by atoms with Crippen molar-refractivity contribution in [3.05, 3.63) is 23.3 Å². The molecule has 0 spiro atoms. The van der Waals surface area contributed by atoms with Crippen molar-refractivity contribution < 1.29 is 18.9 Å². The molecule has 0 radical (unpaired) electrons. The van der Waals surface area contributed by atoms with Gasteiger partial charge in [-0.05, 0) is 35.8 Å². The summed E-state index contributed by atoms with van der Waals surface area (Å²) in [5.41, 5.74) is 2.36. The van der Waals surface area contributed by atoms with Gasteiger partial charge in [-0.1, -0.05) is 20.8 Å². The Kier molecular flexibility index (Phi) is 7.38. The van der Waals surface area contributed by atoms with Gasteiger partial charge < -0.3 is 18.9 Å². The number of ether oxygens (including phenoxy) is 4. The first-order valence-electron chi connectivity index (χ1n) is 8.97. The lowest BCUT2D eigenvalue weighted by Crippen LogP contribution is -2.17. The van der Waals surface area contributed by atoms with Crippen LogP contribution >= 0.6 is 0 Å². The Labute approximate surface area is 146 Å². The molecule has 4 heteroatoms. The van der Waals surface area contributed by atoms with Crippen LogP contribution in [-0.4, -0.2) is 34.0 Å². The Bertz CT molecular complexity index is 513. The van der Waals surface area contributed by atoms with E-state index < -0.39 is 0 Å². The summed E-state index contributed by atoms with van der Waals surface area (Å²) in [6.45, 7) is 9.50. The van der Waals surface area contributed by atoms with Crippen molar-refractivity contribution in [2.75, 3.05) is 34.0 Å². The Hall–Kier alpha value is -1.26. The zero-order chi connectivity index (χ0) is 17.5. The molecule has 2 rings (SSSR count). The molecule has 1 aliphatic heterocycles. The molecule has 0 bridgehead atoms. The highest BCUT2D eigenvalue weighted by molar-refractivity contribution is 5.48. The van der Waals surface area contributed by atoms with Crippen LogP contribution in [0.5, 0.6) is 11.5 Å². The van der Waals surface area contributed by atoms with Crippen molar-refractivity contribution in [1.82, 2.24) is 0 Å². The molecule has 1 heterocycles. The summed E-state index contributed by atoms with van der Waals surface area (Å²) in [6, 6.07) is 4.26. The fraction of sp³-hybridized carbons (Fsp3) is 0.700. The maximum atomic E-state index is 6.15. The number of methoxy groups -OCH3 is 2. The van der Waals surface area contributed by atoms with E-state index >= 15 is 0 Å². The van der Waals surface area contributed by atoms with Gasteiger partial charge in [-0.15, -0.1) is 0 Å². The van der Waals surface area contributed by atoms with E-state index in [9.17, 15) is 0 Å². The van der Waals surface area contributed by atoms with Gasteiger partial charge in [0.05, 0.1) is 19.8 Å². The van der Waals surface area contributed by atoms with Crippen LogP contribution in [0.2, 0.25) is 0 Å². The predicted molar refractivity (Wildman–Crippen MR) is 96.0 cm³/mol. The fourth-order valence-electron chi connectivity index (χ4n) is 3.23. The molecule has 2 atom stereocenters. The minimum Gasteiger partial charge on any atom is -0.493 e. The summed E-state index contributed by atoms with van der Waals surface area (Å²) >= 11 is 0. The van der Waals surface area contributed by atoms with E-state index in [0.717, 1.165) is 36.5 Å². The summed E-state index contributed by atoms with van der Waals surface area (Å²) in [5, 5.41) is 0. The maximum absolute atomic E-state index is 6.15. The van der Waals surface area contributed by atoms with Crippen molar-refractivity contribution in [2.24, 2.45) is 11.8 Å². The summed E-state index contributed by atoms with van der Waals surface area (Å²) in [6.07, 6.45) is 2.03. The summed E-state index contributed by atoms with van der Waals surface area (Å²) in [7, 11) is 3.42.